The van der Waals surface area contributed by atoms with Crippen LogP contribution < -0.4 is 0 Å². The van der Waals surface area contributed by atoms with Crippen molar-refractivity contribution < 1.29 is 10.2 Å². The Kier molecular flexibility index (Phi) is 8.35. The molecule has 5 heteroatoms. The molecule has 1 aromatic heterocycles. The fourth-order valence-electron chi connectivity index (χ4n) is 8.66. The van der Waals surface area contributed by atoms with Crippen molar-refractivity contribution in [1.82, 2.24) is 9.55 Å². The van der Waals surface area contributed by atoms with Crippen molar-refractivity contribution in [3.8, 4) is 0 Å². The quantitative estimate of drug-likeness (QED) is 0.298. The Morgan fingerprint density at radius 2 is 1.80 bits per heavy atom. The summed E-state index contributed by atoms with van der Waals surface area (Å²) >= 11 is 0. The largest absolute Gasteiger partial charge is 0.368 e. The van der Waals surface area contributed by atoms with E-state index in [1.807, 2.05) is 36.8 Å². The molecule has 2 saturated carbocycles. The van der Waals surface area contributed by atoms with Crippen molar-refractivity contribution in [2.24, 2.45) is 33.6 Å². The highest BCUT2D eigenvalue weighted by Gasteiger charge is 2.56. The molecule has 5 nitrogen and oxygen atoms in total. The lowest BCUT2D eigenvalue weighted by Gasteiger charge is -2.58. The number of nitrogens with zero attached hydrogens (tertiary/aromatic N) is 3. The second kappa shape index (κ2) is 11.6. The third kappa shape index (κ3) is 5.31. The van der Waals surface area contributed by atoms with Crippen LogP contribution in [0.25, 0.3) is 5.57 Å². The van der Waals surface area contributed by atoms with E-state index in [1.54, 1.807) is 17.4 Å². The van der Waals surface area contributed by atoms with Gasteiger partial charge in [-0.15, -0.1) is 0 Å². The lowest BCUT2D eigenvalue weighted by atomic mass is 9.47. The van der Waals surface area contributed by atoms with Crippen LogP contribution >= 0.6 is 0 Å². The van der Waals surface area contributed by atoms with Crippen molar-refractivity contribution in [2.75, 3.05) is 0 Å². The number of hydrogen-bond donors (Lipinski definition) is 2. The Morgan fingerprint density at radius 1 is 1.05 bits per heavy atom. The molecule has 0 spiro atoms. The summed E-state index contributed by atoms with van der Waals surface area (Å²) in [5.74, 6) is 2.72. The molecule has 40 heavy (non-hydrogen) atoms. The van der Waals surface area contributed by atoms with Gasteiger partial charge in [-0.1, -0.05) is 68.8 Å². The van der Waals surface area contributed by atoms with Crippen LogP contribution in [0.2, 0.25) is 0 Å². The van der Waals surface area contributed by atoms with Gasteiger partial charge in [-0.2, -0.15) is 0 Å². The summed E-state index contributed by atoms with van der Waals surface area (Å²) in [6, 6.07) is 8.63. The van der Waals surface area contributed by atoms with Crippen molar-refractivity contribution in [2.45, 2.75) is 91.4 Å². The van der Waals surface area contributed by atoms with E-state index in [0.29, 0.717) is 16.9 Å². The molecule has 4 aliphatic carbocycles. The zero-order chi connectivity index (χ0) is 28.5. The van der Waals surface area contributed by atoms with Crippen LogP contribution in [0.15, 0.2) is 77.9 Å². The van der Waals surface area contributed by atoms with Gasteiger partial charge in [0.25, 0.3) is 0 Å². The smallest absolute Gasteiger partial charge is 0.148 e. The minimum Gasteiger partial charge on any atom is -0.368 e. The van der Waals surface area contributed by atoms with E-state index in [2.05, 4.69) is 60.2 Å². The maximum absolute atomic E-state index is 7.61. The van der Waals surface area contributed by atoms with E-state index in [4.69, 9.17) is 10.2 Å². The molecule has 2 aromatic rings. The molecule has 3 unspecified atom stereocenters. The van der Waals surface area contributed by atoms with Gasteiger partial charge in [0.1, 0.15) is 6.29 Å². The molecule has 1 aromatic carbocycles. The fourth-order valence-corrected chi connectivity index (χ4v) is 8.66. The molecular weight excluding hydrogens is 494 g/mol. The number of allylic oxidation sites excluding steroid dienone is 5. The van der Waals surface area contributed by atoms with Crippen molar-refractivity contribution >= 4 is 17.5 Å². The van der Waals surface area contributed by atoms with E-state index in [9.17, 15) is 0 Å². The van der Waals surface area contributed by atoms with Crippen molar-refractivity contribution in [1.29, 1.82) is 0 Å². The van der Waals surface area contributed by atoms with Crippen LogP contribution in [0.1, 0.15) is 90.7 Å². The summed E-state index contributed by atoms with van der Waals surface area (Å²) < 4.78 is 2.35. The molecule has 0 amide bonds. The minimum atomic E-state index is -1.17. The normalized spacial score (nSPS) is 33.3. The van der Waals surface area contributed by atoms with Crippen LogP contribution in [0, 0.1) is 28.6 Å². The first-order valence-electron chi connectivity index (χ1n) is 15.2. The predicted molar refractivity (Wildman–Crippen MR) is 164 cm³/mol. The van der Waals surface area contributed by atoms with Crippen molar-refractivity contribution in [3.63, 3.8) is 0 Å². The van der Waals surface area contributed by atoms with Crippen molar-refractivity contribution in [3.05, 3.63) is 78.4 Å². The monoisotopic (exact) mass is 541 g/mol. The Hall–Kier alpha value is -2.76. The second-order valence-electron chi connectivity index (χ2n) is 12.9. The fraction of sp³-hybridized carbons (Fsp3) is 0.543. The number of benzene rings is 1. The SMILES string of the molecule is C=C1C=Nc2ccccc21.CC(O)O.CCC1=CCC2C3CC=C4C[C@@H](n5ccnc5)CC[C@]4(C)C3CC[C@]12C. The van der Waals surface area contributed by atoms with Gasteiger partial charge >= 0.3 is 0 Å². The third-order valence-electron chi connectivity index (χ3n) is 10.8. The lowest BCUT2D eigenvalue weighted by Crippen LogP contribution is -2.49. The number of aliphatic hydroxyl groups excluding tert-OH is 1. The number of fused-ring (bicyclic) bond motifs is 6. The summed E-state index contributed by atoms with van der Waals surface area (Å²) in [5.41, 5.74) is 7.70. The first-order valence-corrected chi connectivity index (χ1v) is 15.2. The summed E-state index contributed by atoms with van der Waals surface area (Å²) in [5, 5.41) is 15.2. The highest BCUT2D eigenvalue weighted by atomic mass is 16.5. The number of rotatable bonds is 2. The molecule has 2 heterocycles. The summed E-state index contributed by atoms with van der Waals surface area (Å²) in [4.78, 5) is 8.44. The number of aliphatic hydroxyl groups is 2. The third-order valence-corrected chi connectivity index (χ3v) is 10.8. The zero-order valence-electron chi connectivity index (χ0n) is 24.8. The first-order chi connectivity index (χ1) is 19.2. The van der Waals surface area contributed by atoms with Crippen LogP contribution in [0.5, 0.6) is 0 Å². The minimum absolute atomic E-state index is 0.455. The summed E-state index contributed by atoms with van der Waals surface area (Å²) in [6.45, 7) is 12.7. The van der Waals surface area contributed by atoms with Gasteiger partial charge in [0, 0.05) is 30.2 Å². The van der Waals surface area contributed by atoms with Crippen LogP contribution in [0.4, 0.5) is 5.69 Å². The average Bonchev–Trinajstić information content (AvgIpc) is 3.67. The number of hydrogen-bond acceptors (Lipinski definition) is 4. The summed E-state index contributed by atoms with van der Waals surface area (Å²) in [7, 11) is 0. The average molecular weight is 542 g/mol. The topological polar surface area (TPSA) is 70.6 Å². The number of para-hydroxylation sites is 1. The van der Waals surface area contributed by atoms with Gasteiger partial charge in [0.05, 0.1) is 12.0 Å². The Labute approximate surface area is 240 Å². The van der Waals surface area contributed by atoms with E-state index >= 15 is 0 Å². The molecule has 5 aliphatic rings. The van der Waals surface area contributed by atoms with Crippen LogP contribution in [-0.2, 0) is 0 Å². The molecule has 1 aliphatic heterocycles. The highest BCUT2D eigenvalue weighted by molar-refractivity contribution is 6.15. The molecular formula is C35H47N3O2. The molecule has 2 N–H and O–H groups in total. The van der Waals surface area contributed by atoms with E-state index in [0.717, 1.165) is 34.6 Å². The standard InChI is InChI=1S/C24H34N2.C9H7N.C2H6O2/c1-4-17-6-8-21-20-7-5-18-15-19(26-14-13-25-16-26)9-11-24(18,3)22(20)10-12-23(17,21)2;1-7-6-10-9-5-3-2-4-8(7)9;1-2(3)4/h5-6,13-14,16,19-22H,4,7-12,15H2,1-3H3;2-6H,1H2;2-4H,1H3/t19-,20?,21?,22?,23+,24-;;/m0../s1. The predicted octanol–water partition coefficient (Wildman–Crippen LogP) is 8.07. The highest BCUT2D eigenvalue weighted by Crippen LogP contribution is 2.65. The van der Waals surface area contributed by atoms with Gasteiger partial charge in [-0.05, 0) is 98.5 Å². The molecule has 7 rings (SSSR count). The Balaban J connectivity index is 0.000000190. The number of aromatic nitrogens is 2. The molecule has 0 radical (unpaired) electrons. The van der Waals surface area contributed by atoms with Gasteiger partial charge in [-0.3, -0.25) is 4.99 Å². The molecule has 0 saturated heterocycles. The van der Waals surface area contributed by atoms with Gasteiger partial charge < -0.3 is 14.8 Å². The van der Waals surface area contributed by atoms with E-state index in [1.165, 1.54) is 58.3 Å². The zero-order valence-corrected chi connectivity index (χ0v) is 24.8. The first kappa shape index (κ1) is 28.8. The molecule has 2 fully saturated rings. The van der Waals surface area contributed by atoms with Gasteiger partial charge in [0.15, 0.2) is 0 Å². The van der Waals surface area contributed by atoms with Gasteiger partial charge in [0.2, 0.25) is 0 Å². The Morgan fingerprint density at radius 3 is 2.50 bits per heavy atom. The molecule has 6 atom stereocenters. The van der Waals surface area contributed by atoms with Crippen LogP contribution in [0.3, 0.4) is 0 Å². The molecule has 214 valence electrons. The maximum Gasteiger partial charge on any atom is 0.148 e. The number of imidazole rings is 1. The van der Waals surface area contributed by atoms with E-state index < -0.39 is 6.29 Å². The van der Waals surface area contributed by atoms with Crippen LogP contribution in [-0.4, -0.2) is 32.3 Å². The maximum atomic E-state index is 7.61. The van der Waals surface area contributed by atoms with E-state index in [-0.39, 0.29) is 0 Å². The molecule has 0 bridgehead atoms. The van der Waals surface area contributed by atoms with Gasteiger partial charge in [-0.25, -0.2) is 4.98 Å². The summed E-state index contributed by atoms with van der Waals surface area (Å²) in [6.07, 6.45) is 22.7. The Bertz CT molecular complexity index is 1290. The number of aliphatic imine (C=N–C) groups is 1. The lowest BCUT2D eigenvalue weighted by molar-refractivity contribution is -0.0228. The second-order valence-corrected chi connectivity index (χ2v) is 12.9.